The second kappa shape index (κ2) is 5.80. The van der Waals surface area contributed by atoms with Crippen molar-refractivity contribution in [2.75, 3.05) is 6.54 Å². The van der Waals surface area contributed by atoms with Crippen molar-refractivity contribution in [1.29, 1.82) is 0 Å². The number of aryl methyl sites for hydroxylation is 1. The highest BCUT2D eigenvalue weighted by Gasteiger charge is 2.20. The summed E-state index contributed by atoms with van der Waals surface area (Å²) >= 11 is 0. The van der Waals surface area contributed by atoms with Gasteiger partial charge < -0.3 is 5.73 Å². The molecule has 0 radical (unpaired) electrons. The molecule has 1 rings (SSSR count). The number of carbonyl (C=O) groups is 1. The lowest BCUT2D eigenvalue weighted by Crippen LogP contribution is -2.29. The number of hydrogen-bond acceptors (Lipinski definition) is 3. The van der Waals surface area contributed by atoms with E-state index in [-0.39, 0.29) is 11.7 Å². The highest BCUT2D eigenvalue weighted by Crippen LogP contribution is 2.13. The number of Topliss-reactive ketones (excluding diaryl/α,β-unsaturated/α-hetero) is 1. The number of rotatable bonds is 6. The number of nitrogens with two attached hydrogens (primary N) is 1. The average molecular weight is 223 g/mol. The van der Waals surface area contributed by atoms with E-state index in [2.05, 4.69) is 5.10 Å². The van der Waals surface area contributed by atoms with Crippen LogP contribution in [0.15, 0.2) is 12.4 Å². The van der Waals surface area contributed by atoms with Crippen molar-refractivity contribution in [3.05, 3.63) is 18.0 Å². The molecule has 1 aromatic rings. The monoisotopic (exact) mass is 223 g/mol. The first-order chi connectivity index (χ1) is 7.58. The van der Waals surface area contributed by atoms with Gasteiger partial charge in [0.1, 0.15) is 5.78 Å². The fourth-order valence-corrected chi connectivity index (χ4v) is 1.78. The van der Waals surface area contributed by atoms with Gasteiger partial charge in [0.25, 0.3) is 0 Å². The molecule has 0 saturated carbocycles. The van der Waals surface area contributed by atoms with Crippen LogP contribution in [0.5, 0.6) is 0 Å². The first-order valence-electron chi connectivity index (χ1n) is 5.82. The topological polar surface area (TPSA) is 60.9 Å². The van der Waals surface area contributed by atoms with Gasteiger partial charge in [-0.25, -0.2) is 0 Å². The molecular weight excluding hydrogens is 202 g/mol. The van der Waals surface area contributed by atoms with E-state index >= 15 is 0 Å². The van der Waals surface area contributed by atoms with E-state index in [4.69, 9.17) is 5.73 Å². The van der Waals surface area contributed by atoms with Crippen molar-refractivity contribution in [2.45, 2.75) is 33.7 Å². The van der Waals surface area contributed by atoms with Gasteiger partial charge in [-0.15, -0.1) is 0 Å². The number of ketones is 1. The van der Waals surface area contributed by atoms with Gasteiger partial charge in [-0.3, -0.25) is 9.48 Å². The number of hydrogen-bond donors (Lipinski definition) is 1. The van der Waals surface area contributed by atoms with Gasteiger partial charge >= 0.3 is 0 Å². The minimum absolute atomic E-state index is 0.0371. The molecule has 4 nitrogen and oxygen atoms in total. The molecule has 1 heterocycles. The second-order valence-electron chi connectivity index (χ2n) is 4.43. The molecule has 0 fully saturated rings. The summed E-state index contributed by atoms with van der Waals surface area (Å²) in [6.07, 6.45) is 4.13. The summed E-state index contributed by atoms with van der Waals surface area (Å²) < 4.78 is 1.83. The van der Waals surface area contributed by atoms with Crippen LogP contribution in [0.4, 0.5) is 0 Å². The molecule has 0 aliphatic rings. The molecule has 1 unspecified atom stereocenters. The van der Waals surface area contributed by atoms with Crippen LogP contribution < -0.4 is 5.73 Å². The zero-order chi connectivity index (χ0) is 12.1. The molecule has 1 atom stereocenters. The maximum Gasteiger partial charge on any atom is 0.141 e. The van der Waals surface area contributed by atoms with Gasteiger partial charge in [0.05, 0.1) is 6.20 Å². The number of nitrogens with zero attached hydrogens (tertiary/aromatic N) is 2. The van der Waals surface area contributed by atoms with E-state index in [9.17, 15) is 4.79 Å². The predicted molar refractivity (Wildman–Crippen MR) is 64.0 cm³/mol. The quantitative estimate of drug-likeness (QED) is 0.789. The smallest absolute Gasteiger partial charge is 0.141 e. The van der Waals surface area contributed by atoms with Crippen LogP contribution in [0.25, 0.3) is 0 Å². The third kappa shape index (κ3) is 3.17. The Balaban J connectivity index is 2.62. The molecule has 0 aromatic carbocycles. The Hall–Kier alpha value is -1.16. The van der Waals surface area contributed by atoms with Gasteiger partial charge in [-0.2, -0.15) is 5.10 Å². The molecule has 90 valence electrons. The van der Waals surface area contributed by atoms with E-state index in [1.807, 2.05) is 31.6 Å². The lowest BCUT2D eigenvalue weighted by Gasteiger charge is -2.16. The van der Waals surface area contributed by atoms with Crippen molar-refractivity contribution < 1.29 is 4.79 Å². The van der Waals surface area contributed by atoms with E-state index in [0.29, 0.717) is 18.9 Å². The SMILES string of the molecule is CCn1cc(CC(=O)C(CN)C(C)C)cn1. The second-order valence-corrected chi connectivity index (χ2v) is 4.43. The lowest BCUT2D eigenvalue weighted by molar-refractivity contribution is -0.123. The molecule has 0 amide bonds. The van der Waals surface area contributed by atoms with Gasteiger partial charge in [-0.1, -0.05) is 13.8 Å². The van der Waals surface area contributed by atoms with Crippen LogP contribution in [0.2, 0.25) is 0 Å². The summed E-state index contributed by atoms with van der Waals surface area (Å²) in [5, 5.41) is 4.15. The van der Waals surface area contributed by atoms with Gasteiger partial charge in [0.15, 0.2) is 0 Å². The van der Waals surface area contributed by atoms with E-state index in [1.54, 1.807) is 6.20 Å². The first kappa shape index (κ1) is 12.9. The van der Waals surface area contributed by atoms with Crippen LogP contribution in [0.1, 0.15) is 26.3 Å². The van der Waals surface area contributed by atoms with Crippen LogP contribution in [0, 0.1) is 11.8 Å². The Morgan fingerprint density at radius 1 is 1.56 bits per heavy atom. The average Bonchev–Trinajstić information content (AvgIpc) is 2.65. The zero-order valence-electron chi connectivity index (χ0n) is 10.3. The summed E-state index contributed by atoms with van der Waals surface area (Å²) in [6, 6.07) is 0. The fourth-order valence-electron chi connectivity index (χ4n) is 1.78. The molecule has 0 aliphatic carbocycles. The summed E-state index contributed by atoms with van der Waals surface area (Å²) in [6.45, 7) is 7.35. The molecular formula is C12H21N3O. The Morgan fingerprint density at radius 2 is 2.25 bits per heavy atom. The molecule has 4 heteroatoms. The summed E-state index contributed by atoms with van der Waals surface area (Å²) in [7, 11) is 0. The lowest BCUT2D eigenvalue weighted by atomic mass is 9.89. The highest BCUT2D eigenvalue weighted by molar-refractivity contribution is 5.83. The third-order valence-electron chi connectivity index (χ3n) is 2.86. The van der Waals surface area contributed by atoms with Crippen molar-refractivity contribution in [3.8, 4) is 0 Å². The largest absolute Gasteiger partial charge is 0.330 e. The van der Waals surface area contributed by atoms with Crippen LogP contribution in [-0.2, 0) is 17.8 Å². The highest BCUT2D eigenvalue weighted by atomic mass is 16.1. The summed E-state index contributed by atoms with van der Waals surface area (Å²) in [5.74, 6) is 0.483. The Morgan fingerprint density at radius 3 is 2.69 bits per heavy atom. The standard InChI is InChI=1S/C12H21N3O/c1-4-15-8-10(7-14-15)5-12(16)11(6-13)9(2)3/h7-9,11H,4-6,13H2,1-3H3. The Kier molecular flexibility index (Phi) is 4.68. The van der Waals surface area contributed by atoms with E-state index < -0.39 is 0 Å². The van der Waals surface area contributed by atoms with E-state index in [1.165, 1.54) is 0 Å². The normalized spacial score (nSPS) is 13.1. The van der Waals surface area contributed by atoms with Crippen molar-refractivity contribution >= 4 is 5.78 Å². The fraction of sp³-hybridized carbons (Fsp3) is 0.667. The van der Waals surface area contributed by atoms with Crippen LogP contribution in [-0.4, -0.2) is 22.1 Å². The van der Waals surface area contributed by atoms with Gasteiger partial charge in [-0.05, 0) is 18.4 Å². The first-order valence-corrected chi connectivity index (χ1v) is 5.82. The molecule has 0 aliphatic heterocycles. The molecule has 16 heavy (non-hydrogen) atoms. The minimum Gasteiger partial charge on any atom is -0.330 e. The van der Waals surface area contributed by atoms with E-state index in [0.717, 1.165) is 12.1 Å². The third-order valence-corrected chi connectivity index (χ3v) is 2.86. The Labute approximate surface area is 96.8 Å². The van der Waals surface area contributed by atoms with Crippen molar-refractivity contribution in [3.63, 3.8) is 0 Å². The zero-order valence-corrected chi connectivity index (χ0v) is 10.3. The van der Waals surface area contributed by atoms with Crippen LogP contribution in [0.3, 0.4) is 0 Å². The maximum atomic E-state index is 12.0. The molecule has 2 N–H and O–H groups in total. The minimum atomic E-state index is -0.0371. The molecule has 0 bridgehead atoms. The summed E-state index contributed by atoms with van der Waals surface area (Å²) in [4.78, 5) is 12.0. The van der Waals surface area contributed by atoms with Crippen LogP contribution >= 0.6 is 0 Å². The predicted octanol–water partition coefficient (Wildman–Crippen LogP) is 1.25. The molecule has 0 spiro atoms. The Bertz CT molecular complexity index is 344. The summed E-state index contributed by atoms with van der Waals surface area (Å²) in [5.41, 5.74) is 6.60. The van der Waals surface area contributed by atoms with Gasteiger partial charge in [0, 0.05) is 31.6 Å². The number of aromatic nitrogens is 2. The molecule has 1 aromatic heterocycles. The number of carbonyl (C=O) groups excluding carboxylic acids is 1. The van der Waals surface area contributed by atoms with Crippen molar-refractivity contribution in [2.24, 2.45) is 17.6 Å². The van der Waals surface area contributed by atoms with Gasteiger partial charge in [0.2, 0.25) is 0 Å². The maximum absolute atomic E-state index is 12.0. The molecule has 0 saturated heterocycles. The van der Waals surface area contributed by atoms with Crippen molar-refractivity contribution in [1.82, 2.24) is 9.78 Å².